The number of carbonyl (C=O) groups excluding carboxylic acids is 3. The molecule has 31 heavy (non-hydrogen) atoms. The summed E-state index contributed by atoms with van der Waals surface area (Å²) < 4.78 is 5.66. The first-order valence-electron chi connectivity index (χ1n) is 10.2. The van der Waals surface area contributed by atoms with Gasteiger partial charge in [0.05, 0.1) is 19.1 Å². The zero-order valence-corrected chi connectivity index (χ0v) is 18.6. The van der Waals surface area contributed by atoms with Crippen molar-refractivity contribution < 1.29 is 24.0 Å². The predicted octanol–water partition coefficient (Wildman–Crippen LogP) is 3.52. The van der Waals surface area contributed by atoms with Crippen molar-refractivity contribution in [1.29, 1.82) is 0 Å². The van der Waals surface area contributed by atoms with E-state index < -0.39 is 11.8 Å². The molecule has 0 aliphatic heterocycles. The van der Waals surface area contributed by atoms with E-state index in [4.69, 9.17) is 4.42 Å². The summed E-state index contributed by atoms with van der Waals surface area (Å²) in [5, 5.41) is 15.1. The number of nitrogens with zero attached hydrogens (tertiary/aromatic N) is 1. The van der Waals surface area contributed by atoms with Gasteiger partial charge >= 0.3 is 0 Å². The van der Waals surface area contributed by atoms with Crippen molar-refractivity contribution >= 4 is 30.0 Å². The van der Waals surface area contributed by atoms with Gasteiger partial charge < -0.3 is 15.1 Å². The van der Waals surface area contributed by atoms with Crippen LogP contribution in [0.4, 0.5) is 0 Å². The minimum Gasteiger partial charge on any atom is -0.451 e. The number of unbranched alkanes of at least 4 members (excludes halogenated alkanes) is 2. The number of carbonyl (C=O) groups is 3. The molecule has 0 saturated heterocycles. The Kier molecular flexibility index (Phi) is 10.1. The van der Waals surface area contributed by atoms with E-state index in [1.54, 1.807) is 23.9 Å². The topological polar surface area (TPSA) is 112 Å². The minimum atomic E-state index is -0.558. The fourth-order valence-electron chi connectivity index (χ4n) is 3.05. The maximum Gasteiger partial charge on any atom is 0.288 e. The molecule has 9 heteroatoms. The molecule has 2 aromatic rings. The van der Waals surface area contributed by atoms with Crippen LogP contribution in [0.5, 0.6) is 0 Å². The third-order valence-electron chi connectivity index (χ3n) is 4.75. The molecule has 3 N–H and O–H groups in total. The van der Waals surface area contributed by atoms with Crippen LogP contribution in [0.1, 0.15) is 43.2 Å². The molecule has 0 radical (unpaired) electrons. The second-order valence-corrected chi connectivity index (χ2v) is 7.92. The van der Waals surface area contributed by atoms with Gasteiger partial charge in [-0.15, -0.1) is 11.8 Å². The summed E-state index contributed by atoms with van der Waals surface area (Å²) in [6.07, 6.45) is 5.54. The smallest absolute Gasteiger partial charge is 0.288 e. The molecule has 1 heterocycles. The summed E-state index contributed by atoms with van der Waals surface area (Å²) in [6, 6.07) is 11.1. The lowest BCUT2D eigenvalue weighted by atomic mass is 10.0. The first kappa shape index (κ1) is 24.5. The van der Waals surface area contributed by atoms with Crippen molar-refractivity contribution in [3.05, 3.63) is 42.2 Å². The molecular weight excluding hydrogens is 418 g/mol. The van der Waals surface area contributed by atoms with Gasteiger partial charge in [-0.25, -0.2) is 5.06 Å². The predicted molar refractivity (Wildman–Crippen MR) is 119 cm³/mol. The molecule has 168 valence electrons. The summed E-state index contributed by atoms with van der Waals surface area (Å²) in [4.78, 5) is 36.5. The monoisotopic (exact) mass is 447 g/mol. The number of hydrogen-bond donors (Lipinski definition) is 3. The number of rotatable bonds is 13. The van der Waals surface area contributed by atoms with Crippen molar-refractivity contribution in [1.82, 2.24) is 15.7 Å². The molecule has 1 unspecified atom stereocenters. The average Bonchev–Trinajstić information content (AvgIpc) is 3.28. The molecule has 3 amide bonds. The number of furan rings is 1. The van der Waals surface area contributed by atoms with E-state index >= 15 is 0 Å². The van der Waals surface area contributed by atoms with E-state index in [9.17, 15) is 19.6 Å². The van der Waals surface area contributed by atoms with Crippen LogP contribution in [0.2, 0.25) is 0 Å². The average molecular weight is 448 g/mol. The first-order chi connectivity index (χ1) is 15.0. The van der Waals surface area contributed by atoms with Crippen molar-refractivity contribution in [3.8, 4) is 11.3 Å². The maximum atomic E-state index is 12.4. The van der Waals surface area contributed by atoms with Crippen molar-refractivity contribution in [2.24, 2.45) is 5.92 Å². The molecule has 2 rings (SSSR count). The molecule has 1 aromatic heterocycles. The van der Waals surface area contributed by atoms with Crippen molar-refractivity contribution in [2.75, 3.05) is 19.5 Å². The number of nitrogens with one attached hydrogen (secondary N) is 2. The molecule has 0 aliphatic rings. The first-order valence-corrected chi connectivity index (χ1v) is 11.4. The van der Waals surface area contributed by atoms with Gasteiger partial charge in [0.2, 0.25) is 12.3 Å². The Labute approximate surface area is 186 Å². The number of hydroxylamine groups is 2. The fraction of sp³-hybridized carbons (Fsp3) is 0.409. The van der Waals surface area contributed by atoms with Crippen LogP contribution < -0.4 is 10.6 Å². The molecule has 1 aromatic carbocycles. The van der Waals surface area contributed by atoms with Gasteiger partial charge in [0, 0.05) is 10.5 Å². The highest BCUT2D eigenvalue weighted by molar-refractivity contribution is 7.98. The van der Waals surface area contributed by atoms with E-state index in [1.807, 2.05) is 37.4 Å². The highest BCUT2D eigenvalue weighted by atomic mass is 32.2. The van der Waals surface area contributed by atoms with Crippen LogP contribution in [0.15, 0.2) is 45.7 Å². The Morgan fingerprint density at radius 2 is 2.03 bits per heavy atom. The fourth-order valence-corrected chi connectivity index (χ4v) is 3.51. The molecule has 1 atom stereocenters. The van der Waals surface area contributed by atoms with E-state index in [0.29, 0.717) is 17.2 Å². The van der Waals surface area contributed by atoms with Crippen molar-refractivity contribution in [3.63, 3.8) is 0 Å². The summed E-state index contributed by atoms with van der Waals surface area (Å²) in [5.74, 6) is -0.630. The number of benzene rings is 1. The van der Waals surface area contributed by atoms with Crippen LogP contribution in [0.25, 0.3) is 11.3 Å². The zero-order chi connectivity index (χ0) is 22.6. The van der Waals surface area contributed by atoms with Crippen LogP contribution >= 0.6 is 11.8 Å². The van der Waals surface area contributed by atoms with Gasteiger partial charge in [0.1, 0.15) is 5.76 Å². The van der Waals surface area contributed by atoms with Crippen LogP contribution in [-0.2, 0) is 9.59 Å². The second kappa shape index (κ2) is 12.8. The SMILES string of the molecule is CCCCCC(CN(O)C=O)C(=O)NCNC(=O)c1ccc(-c2cccc(SC)c2)o1. The summed E-state index contributed by atoms with van der Waals surface area (Å²) in [5.41, 5.74) is 0.873. The quantitative estimate of drug-likeness (QED) is 0.108. The third-order valence-corrected chi connectivity index (χ3v) is 5.48. The summed E-state index contributed by atoms with van der Waals surface area (Å²) in [7, 11) is 0. The molecule has 0 bridgehead atoms. The largest absolute Gasteiger partial charge is 0.451 e. The van der Waals surface area contributed by atoms with Crippen LogP contribution in [-0.4, -0.2) is 48.0 Å². The lowest BCUT2D eigenvalue weighted by molar-refractivity contribution is -0.154. The second-order valence-electron chi connectivity index (χ2n) is 7.04. The summed E-state index contributed by atoms with van der Waals surface area (Å²) in [6.45, 7) is 1.87. The van der Waals surface area contributed by atoms with Gasteiger partial charge in [-0.2, -0.15) is 0 Å². The molecule has 0 spiro atoms. The van der Waals surface area contributed by atoms with E-state index in [-0.39, 0.29) is 31.3 Å². The van der Waals surface area contributed by atoms with E-state index in [0.717, 1.165) is 29.7 Å². The van der Waals surface area contributed by atoms with Gasteiger partial charge in [-0.3, -0.25) is 19.6 Å². The van der Waals surface area contributed by atoms with Gasteiger partial charge in [-0.05, 0) is 36.9 Å². The Balaban J connectivity index is 1.89. The molecule has 0 saturated carbocycles. The highest BCUT2D eigenvalue weighted by Gasteiger charge is 2.21. The molecule has 8 nitrogen and oxygen atoms in total. The molecular formula is C22H29N3O5S. The molecule has 0 fully saturated rings. The Hall–Kier alpha value is -2.78. The minimum absolute atomic E-state index is 0.0908. The van der Waals surface area contributed by atoms with Gasteiger partial charge in [-0.1, -0.05) is 38.3 Å². The number of hydrogen-bond acceptors (Lipinski definition) is 6. The van der Waals surface area contributed by atoms with E-state index in [2.05, 4.69) is 10.6 Å². The maximum absolute atomic E-state index is 12.4. The summed E-state index contributed by atoms with van der Waals surface area (Å²) >= 11 is 1.62. The lowest BCUT2D eigenvalue weighted by Gasteiger charge is -2.19. The Morgan fingerprint density at radius 1 is 1.23 bits per heavy atom. The van der Waals surface area contributed by atoms with Gasteiger partial charge in [0.15, 0.2) is 5.76 Å². The van der Waals surface area contributed by atoms with E-state index in [1.165, 1.54) is 0 Å². The zero-order valence-electron chi connectivity index (χ0n) is 17.8. The number of amides is 3. The normalized spacial score (nSPS) is 11.6. The van der Waals surface area contributed by atoms with Crippen LogP contribution in [0.3, 0.4) is 0 Å². The Morgan fingerprint density at radius 3 is 2.74 bits per heavy atom. The van der Waals surface area contributed by atoms with Gasteiger partial charge in [0.25, 0.3) is 5.91 Å². The number of thioether (sulfide) groups is 1. The lowest BCUT2D eigenvalue weighted by Crippen LogP contribution is -2.42. The highest BCUT2D eigenvalue weighted by Crippen LogP contribution is 2.26. The van der Waals surface area contributed by atoms with Crippen LogP contribution in [0, 0.1) is 5.92 Å². The third kappa shape index (κ3) is 7.76. The molecule has 0 aliphatic carbocycles. The standard InChI is InChI=1S/C22H29N3O5S/c1-3-4-5-7-17(13-25(29)15-26)21(27)23-14-24-22(28)20-11-10-19(30-20)16-8-6-9-18(12-16)31-2/h6,8-12,15,17,29H,3-5,7,13-14H2,1-2H3,(H,23,27)(H,24,28). The Bertz CT molecular complexity index is 870. The van der Waals surface area contributed by atoms with Crippen molar-refractivity contribution in [2.45, 2.75) is 37.5 Å².